The molecule has 3 atom stereocenters. The number of carbonyl (C=O) groups excluding carboxylic acids is 1. The Morgan fingerprint density at radius 2 is 1.96 bits per heavy atom. The number of aliphatic carboxylic acids is 1. The third-order valence-corrected chi connectivity index (χ3v) is 4.90. The smallest absolute Gasteiger partial charge is 0.306 e. The maximum absolute atomic E-state index is 13.1. The molecular formula is C19H25NO5. The number of nitrogens with zero attached hydrogens (tertiary/aromatic N) is 1. The van der Waals surface area contributed by atoms with Gasteiger partial charge in [-0.05, 0) is 25.3 Å². The van der Waals surface area contributed by atoms with Crippen LogP contribution in [-0.4, -0.2) is 54.3 Å². The summed E-state index contributed by atoms with van der Waals surface area (Å²) in [6.45, 7) is 3.92. The second-order valence-electron chi connectivity index (χ2n) is 6.83. The van der Waals surface area contributed by atoms with Crippen molar-refractivity contribution < 1.29 is 24.2 Å². The minimum atomic E-state index is -0.905. The number of carbonyl (C=O) groups is 2. The molecule has 136 valence electrons. The van der Waals surface area contributed by atoms with Crippen LogP contribution in [0, 0.1) is 12.8 Å². The number of carboxylic acid groups (broad SMARTS) is 1. The SMILES string of the molecule is Cc1ccc([C@@H]2OCCC[C@H]2C(=O)N2CCO[C@@H](CC(=O)O)C2)cc1. The van der Waals surface area contributed by atoms with Crippen molar-refractivity contribution in [2.45, 2.75) is 38.4 Å². The molecule has 3 rings (SSSR count). The number of rotatable bonds is 4. The Kier molecular flexibility index (Phi) is 5.71. The Balaban J connectivity index is 1.72. The molecule has 2 fully saturated rings. The van der Waals surface area contributed by atoms with Crippen molar-refractivity contribution in [1.29, 1.82) is 0 Å². The summed E-state index contributed by atoms with van der Waals surface area (Å²) in [7, 11) is 0. The van der Waals surface area contributed by atoms with Crippen LogP contribution in [0.2, 0.25) is 0 Å². The van der Waals surface area contributed by atoms with Gasteiger partial charge >= 0.3 is 5.97 Å². The maximum Gasteiger partial charge on any atom is 0.306 e. The van der Waals surface area contributed by atoms with Crippen LogP contribution in [0.5, 0.6) is 0 Å². The molecule has 6 nitrogen and oxygen atoms in total. The lowest BCUT2D eigenvalue weighted by Gasteiger charge is -2.38. The lowest BCUT2D eigenvalue weighted by Crippen LogP contribution is -2.49. The van der Waals surface area contributed by atoms with E-state index in [1.165, 1.54) is 5.56 Å². The second kappa shape index (κ2) is 7.97. The molecule has 0 bridgehead atoms. The van der Waals surface area contributed by atoms with Gasteiger partial charge in [0, 0.05) is 19.7 Å². The summed E-state index contributed by atoms with van der Waals surface area (Å²) in [4.78, 5) is 25.7. The quantitative estimate of drug-likeness (QED) is 0.903. The van der Waals surface area contributed by atoms with Gasteiger partial charge in [0.15, 0.2) is 0 Å². The first-order chi connectivity index (χ1) is 12.0. The molecule has 1 aromatic rings. The van der Waals surface area contributed by atoms with E-state index in [0.717, 1.165) is 18.4 Å². The summed E-state index contributed by atoms with van der Waals surface area (Å²) in [5.41, 5.74) is 2.20. The monoisotopic (exact) mass is 347 g/mol. The highest BCUT2D eigenvalue weighted by molar-refractivity contribution is 5.80. The van der Waals surface area contributed by atoms with Gasteiger partial charge in [-0.15, -0.1) is 0 Å². The Hall–Kier alpha value is -1.92. The lowest BCUT2D eigenvalue weighted by atomic mass is 9.87. The first-order valence-electron chi connectivity index (χ1n) is 8.85. The van der Waals surface area contributed by atoms with Crippen LogP contribution in [0.15, 0.2) is 24.3 Å². The summed E-state index contributed by atoms with van der Waals surface area (Å²) < 4.78 is 11.4. The van der Waals surface area contributed by atoms with Gasteiger partial charge in [-0.2, -0.15) is 0 Å². The van der Waals surface area contributed by atoms with E-state index in [0.29, 0.717) is 26.3 Å². The zero-order valence-corrected chi connectivity index (χ0v) is 14.5. The fraction of sp³-hybridized carbons (Fsp3) is 0.579. The molecule has 1 aromatic carbocycles. The Bertz CT molecular complexity index is 615. The molecule has 2 heterocycles. The molecule has 6 heteroatoms. The van der Waals surface area contributed by atoms with Gasteiger partial charge in [-0.25, -0.2) is 0 Å². The molecule has 0 radical (unpaired) electrons. The number of hydrogen-bond acceptors (Lipinski definition) is 4. The highest BCUT2D eigenvalue weighted by Crippen LogP contribution is 2.35. The fourth-order valence-electron chi connectivity index (χ4n) is 3.59. The zero-order chi connectivity index (χ0) is 17.8. The average Bonchev–Trinajstić information content (AvgIpc) is 2.61. The van der Waals surface area contributed by atoms with Crippen LogP contribution in [-0.2, 0) is 19.1 Å². The highest BCUT2D eigenvalue weighted by atomic mass is 16.5. The molecule has 0 saturated carbocycles. The van der Waals surface area contributed by atoms with Crippen molar-refractivity contribution >= 4 is 11.9 Å². The van der Waals surface area contributed by atoms with E-state index in [9.17, 15) is 9.59 Å². The van der Waals surface area contributed by atoms with Gasteiger partial charge in [0.25, 0.3) is 0 Å². The highest BCUT2D eigenvalue weighted by Gasteiger charge is 2.37. The first-order valence-corrected chi connectivity index (χ1v) is 8.85. The molecule has 0 spiro atoms. The molecule has 1 amide bonds. The molecule has 2 aliphatic heterocycles. The molecule has 0 aliphatic carbocycles. The van der Waals surface area contributed by atoms with Crippen LogP contribution in [0.3, 0.4) is 0 Å². The van der Waals surface area contributed by atoms with Crippen molar-refractivity contribution in [3.63, 3.8) is 0 Å². The van der Waals surface area contributed by atoms with Gasteiger partial charge in [-0.1, -0.05) is 29.8 Å². The predicted molar refractivity (Wildman–Crippen MR) is 91.2 cm³/mol. The zero-order valence-electron chi connectivity index (χ0n) is 14.5. The molecule has 2 saturated heterocycles. The van der Waals surface area contributed by atoms with E-state index < -0.39 is 12.1 Å². The van der Waals surface area contributed by atoms with Crippen LogP contribution in [0.25, 0.3) is 0 Å². The lowest BCUT2D eigenvalue weighted by molar-refractivity contribution is -0.156. The van der Waals surface area contributed by atoms with E-state index in [2.05, 4.69) is 0 Å². The summed E-state index contributed by atoms with van der Waals surface area (Å²) in [6, 6.07) is 8.12. The molecular weight excluding hydrogens is 322 g/mol. The number of hydrogen-bond donors (Lipinski definition) is 1. The summed E-state index contributed by atoms with van der Waals surface area (Å²) in [6.07, 6.45) is 0.909. The minimum absolute atomic E-state index is 0.0453. The van der Waals surface area contributed by atoms with Gasteiger partial charge in [0.05, 0.1) is 31.2 Å². The van der Waals surface area contributed by atoms with Crippen LogP contribution in [0.4, 0.5) is 0 Å². The number of amides is 1. The first kappa shape index (κ1) is 17.9. The van der Waals surface area contributed by atoms with Crippen molar-refractivity contribution in [3.8, 4) is 0 Å². The number of carboxylic acids is 1. The van der Waals surface area contributed by atoms with Crippen molar-refractivity contribution in [1.82, 2.24) is 4.90 Å². The Labute approximate surface area is 147 Å². The van der Waals surface area contributed by atoms with Crippen molar-refractivity contribution in [2.75, 3.05) is 26.3 Å². The molecule has 1 N–H and O–H groups in total. The Morgan fingerprint density at radius 3 is 2.68 bits per heavy atom. The van der Waals surface area contributed by atoms with Gasteiger partial charge < -0.3 is 19.5 Å². The van der Waals surface area contributed by atoms with Gasteiger partial charge in [-0.3, -0.25) is 9.59 Å². The summed E-state index contributed by atoms with van der Waals surface area (Å²) >= 11 is 0. The molecule has 0 aromatic heterocycles. The third kappa shape index (κ3) is 4.38. The number of morpholine rings is 1. The third-order valence-electron chi connectivity index (χ3n) is 4.90. The Morgan fingerprint density at radius 1 is 1.20 bits per heavy atom. The number of ether oxygens (including phenoxy) is 2. The van der Waals surface area contributed by atoms with Gasteiger partial charge in [0.2, 0.25) is 5.91 Å². The van der Waals surface area contributed by atoms with E-state index >= 15 is 0 Å². The predicted octanol–water partition coefficient (Wildman–Crippen LogP) is 2.16. The number of benzene rings is 1. The molecule has 2 aliphatic rings. The van der Waals surface area contributed by atoms with Crippen molar-refractivity contribution in [2.24, 2.45) is 5.92 Å². The van der Waals surface area contributed by atoms with Crippen LogP contribution < -0.4 is 0 Å². The van der Waals surface area contributed by atoms with E-state index in [1.807, 2.05) is 31.2 Å². The van der Waals surface area contributed by atoms with E-state index in [1.54, 1.807) is 4.90 Å². The van der Waals surface area contributed by atoms with E-state index in [-0.39, 0.29) is 24.3 Å². The average molecular weight is 347 g/mol. The standard InChI is InChI=1S/C19H25NO5/c1-13-4-6-14(7-5-13)18-16(3-2-9-25-18)19(23)20-8-10-24-15(12-20)11-17(21)22/h4-7,15-16,18H,2-3,8-12H2,1H3,(H,21,22)/t15-,16+,18-/m0/s1. The minimum Gasteiger partial charge on any atom is -0.481 e. The topological polar surface area (TPSA) is 76.1 Å². The summed E-state index contributed by atoms with van der Waals surface area (Å²) in [5.74, 6) is -1.08. The van der Waals surface area contributed by atoms with E-state index in [4.69, 9.17) is 14.6 Å². The summed E-state index contributed by atoms with van der Waals surface area (Å²) in [5, 5.41) is 8.95. The van der Waals surface area contributed by atoms with Crippen LogP contribution in [0.1, 0.15) is 36.5 Å². The largest absolute Gasteiger partial charge is 0.481 e. The molecule has 0 unspecified atom stereocenters. The fourth-order valence-corrected chi connectivity index (χ4v) is 3.59. The normalized spacial score (nSPS) is 27.1. The second-order valence-corrected chi connectivity index (χ2v) is 6.83. The maximum atomic E-state index is 13.1. The van der Waals surface area contributed by atoms with Gasteiger partial charge in [0.1, 0.15) is 0 Å². The van der Waals surface area contributed by atoms with Crippen molar-refractivity contribution in [3.05, 3.63) is 35.4 Å². The molecule has 25 heavy (non-hydrogen) atoms. The van der Waals surface area contributed by atoms with Crippen LogP contribution >= 0.6 is 0 Å². The number of aryl methyl sites for hydroxylation is 1.